The van der Waals surface area contributed by atoms with Crippen molar-refractivity contribution in [1.82, 2.24) is 25.5 Å². The van der Waals surface area contributed by atoms with Crippen LogP contribution in [0.2, 0.25) is 0 Å². The zero-order valence-corrected chi connectivity index (χ0v) is 10.5. The van der Waals surface area contributed by atoms with Crippen LogP contribution in [0, 0.1) is 0 Å². The molecule has 0 atom stereocenters. The van der Waals surface area contributed by atoms with E-state index in [4.69, 9.17) is 5.73 Å². The summed E-state index contributed by atoms with van der Waals surface area (Å²) in [6.45, 7) is 0.303. The Labute approximate surface area is 114 Å². The van der Waals surface area contributed by atoms with Crippen LogP contribution < -0.4 is 11.1 Å². The largest absolute Gasteiger partial charge is 0.384 e. The van der Waals surface area contributed by atoms with Gasteiger partial charge in [-0.1, -0.05) is 6.07 Å². The Morgan fingerprint density at radius 3 is 2.95 bits per heavy atom. The predicted molar refractivity (Wildman–Crippen MR) is 73.7 cm³/mol. The van der Waals surface area contributed by atoms with Crippen LogP contribution >= 0.6 is 0 Å². The summed E-state index contributed by atoms with van der Waals surface area (Å²) >= 11 is 0. The van der Waals surface area contributed by atoms with Crippen molar-refractivity contribution in [3.05, 3.63) is 47.9 Å². The van der Waals surface area contributed by atoms with Gasteiger partial charge >= 0.3 is 0 Å². The molecular weight excluding hydrogens is 256 g/mol. The number of nitrogens with zero attached hydrogens (tertiary/aromatic N) is 3. The molecule has 3 rings (SSSR count). The number of H-pyrrole nitrogens is 1. The van der Waals surface area contributed by atoms with Crippen molar-refractivity contribution in [1.29, 1.82) is 0 Å². The maximum Gasteiger partial charge on any atom is 0.253 e. The second-order valence-corrected chi connectivity index (χ2v) is 4.22. The van der Waals surface area contributed by atoms with Gasteiger partial charge in [0.2, 0.25) is 0 Å². The molecule has 0 aliphatic heterocycles. The molecule has 0 bridgehead atoms. The first-order valence-electron chi connectivity index (χ1n) is 6.01. The highest BCUT2D eigenvalue weighted by molar-refractivity contribution is 6.04. The molecule has 0 radical (unpaired) electrons. The van der Waals surface area contributed by atoms with Crippen molar-refractivity contribution in [3.63, 3.8) is 0 Å². The SMILES string of the molecule is Nc1[nH]ncc1CNC(=O)c1cccc2nccnc12. The standard InChI is InChI=1S/C13H12N6O/c14-12-8(7-18-19-12)6-17-13(20)9-2-1-3-10-11(9)16-5-4-15-10/h1-5,7H,6H2,(H,17,20)(H3,14,18,19). The van der Waals surface area contributed by atoms with Crippen molar-refractivity contribution in [2.75, 3.05) is 5.73 Å². The topological polar surface area (TPSA) is 110 Å². The molecular formula is C13H12N6O. The lowest BCUT2D eigenvalue weighted by molar-refractivity contribution is 0.0952. The van der Waals surface area contributed by atoms with Gasteiger partial charge in [0.15, 0.2) is 0 Å². The number of anilines is 1. The number of fused-ring (bicyclic) bond motifs is 1. The highest BCUT2D eigenvalue weighted by atomic mass is 16.1. The monoisotopic (exact) mass is 268 g/mol. The van der Waals surface area contributed by atoms with Gasteiger partial charge in [0.1, 0.15) is 11.3 Å². The number of benzene rings is 1. The molecule has 0 spiro atoms. The highest BCUT2D eigenvalue weighted by Gasteiger charge is 2.11. The number of hydrogen-bond donors (Lipinski definition) is 3. The normalized spacial score (nSPS) is 10.6. The molecule has 7 heteroatoms. The minimum atomic E-state index is -0.225. The van der Waals surface area contributed by atoms with Crippen LogP contribution in [0.5, 0.6) is 0 Å². The quantitative estimate of drug-likeness (QED) is 0.652. The average Bonchev–Trinajstić information content (AvgIpc) is 2.89. The van der Waals surface area contributed by atoms with E-state index in [1.54, 1.807) is 30.7 Å². The van der Waals surface area contributed by atoms with Crippen LogP contribution in [-0.4, -0.2) is 26.1 Å². The van der Waals surface area contributed by atoms with Crippen LogP contribution in [0.3, 0.4) is 0 Å². The van der Waals surface area contributed by atoms with E-state index in [1.165, 1.54) is 0 Å². The van der Waals surface area contributed by atoms with Gasteiger partial charge in [-0.25, -0.2) is 0 Å². The molecule has 0 saturated carbocycles. The molecule has 4 N–H and O–H groups in total. The number of carbonyl (C=O) groups is 1. The lowest BCUT2D eigenvalue weighted by atomic mass is 10.1. The number of nitrogen functional groups attached to an aromatic ring is 1. The van der Waals surface area contributed by atoms with Gasteiger partial charge in [-0.3, -0.25) is 19.9 Å². The Kier molecular flexibility index (Phi) is 3.00. The van der Waals surface area contributed by atoms with E-state index in [0.717, 1.165) is 5.56 Å². The summed E-state index contributed by atoms with van der Waals surface area (Å²) in [5.74, 6) is 0.222. The summed E-state index contributed by atoms with van der Waals surface area (Å²) in [5, 5.41) is 9.20. The number of aromatic amines is 1. The Bertz CT molecular complexity index is 761. The molecule has 2 aromatic heterocycles. The first-order chi connectivity index (χ1) is 9.75. The molecule has 0 aliphatic carbocycles. The fourth-order valence-corrected chi connectivity index (χ4v) is 1.91. The molecule has 1 amide bonds. The van der Waals surface area contributed by atoms with Crippen molar-refractivity contribution in [2.45, 2.75) is 6.54 Å². The van der Waals surface area contributed by atoms with Crippen molar-refractivity contribution >= 4 is 22.8 Å². The van der Waals surface area contributed by atoms with Crippen LogP contribution in [0.25, 0.3) is 11.0 Å². The fraction of sp³-hybridized carbons (Fsp3) is 0.0769. The number of aromatic nitrogens is 4. The number of nitrogens with one attached hydrogen (secondary N) is 2. The van der Waals surface area contributed by atoms with Crippen LogP contribution in [0.4, 0.5) is 5.82 Å². The van der Waals surface area contributed by atoms with E-state index < -0.39 is 0 Å². The average molecular weight is 268 g/mol. The number of nitrogens with two attached hydrogens (primary N) is 1. The minimum Gasteiger partial charge on any atom is -0.384 e. The van der Waals surface area contributed by atoms with Gasteiger partial charge in [-0.15, -0.1) is 0 Å². The number of rotatable bonds is 3. The molecule has 100 valence electrons. The van der Waals surface area contributed by atoms with Gasteiger partial charge in [0.25, 0.3) is 5.91 Å². The molecule has 0 unspecified atom stereocenters. The van der Waals surface area contributed by atoms with Gasteiger partial charge in [-0.05, 0) is 12.1 Å². The molecule has 3 aromatic rings. The zero-order chi connectivity index (χ0) is 13.9. The smallest absolute Gasteiger partial charge is 0.253 e. The third-order valence-corrected chi connectivity index (χ3v) is 2.93. The summed E-state index contributed by atoms with van der Waals surface area (Å²) < 4.78 is 0. The van der Waals surface area contributed by atoms with E-state index in [9.17, 15) is 4.79 Å². The van der Waals surface area contributed by atoms with Crippen molar-refractivity contribution in [3.8, 4) is 0 Å². The third-order valence-electron chi connectivity index (χ3n) is 2.93. The number of carbonyl (C=O) groups excluding carboxylic acids is 1. The minimum absolute atomic E-state index is 0.225. The zero-order valence-electron chi connectivity index (χ0n) is 10.5. The summed E-state index contributed by atoms with van der Waals surface area (Å²) in [7, 11) is 0. The first-order valence-corrected chi connectivity index (χ1v) is 6.01. The van der Waals surface area contributed by atoms with Crippen molar-refractivity contribution in [2.24, 2.45) is 0 Å². The lowest BCUT2D eigenvalue weighted by Crippen LogP contribution is -2.23. The summed E-state index contributed by atoms with van der Waals surface area (Å²) in [6.07, 6.45) is 4.74. The van der Waals surface area contributed by atoms with Gasteiger partial charge < -0.3 is 11.1 Å². The van der Waals surface area contributed by atoms with E-state index in [-0.39, 0.29) is 5.91 Å². The van der Waals surface area contributed by atoms with Crippen LogP contribution in [-0.2, 0) is 6.54 Å². The Balaban J connectivity index is 1.84. The molecule has 1 aromatic carbocycles. The van der Waals surface area contributed by atoms with E-state index in [2.05, 4.69) is 25.5 Å². The maximum atomic E-state index is 12.2. The molecule has 20 heavy (non-hydrogen) atoms. The van der Waals surface area contributed by atoms with Gasteiger partial charge in [0.05, 0.1) is 17.3 Å². The lowest BCUT2D eigenvalue weighted by Gasteiger charge is -2.06. The van der Waals surface area contributed by atoms with E-state index in [1.807, 2.05) is 6.07 Å². The number of para-hydroxylation sites is 1. The van der Waals surface area contributed by atoms with Crippen LogP contribution in [0.1, 0.15) is 15.9 Å². The summed E-state index contributed by atoms with van der Waals surface area (Å²) in [5.41, 5.74) is 8.15. The Hall–Kier alpha value is -2.96. The van der Waals surface area contributed by atoms with Gasteiger partial charge in [0, 0.05) is 24.5 Å². The maximum absolute atomic E-state index is 12.2. The second kappa shape index (κ2) is 4.96. The molecule has 0 aliphatic rings. The number of hydrogen-bond acceptors (Lipinski definition) is 5. The van der Waals surface area contributed by atoms with E-state index >= 15 is 0 Å². The molecule has 7 nitrogen and oxygen atoms in total. The number of amides is 1. The van der Waals surface area contributed by atoms with Gasteiger partial charge in [-0.2, -0.15) is 5.10 Å². The first kappa shape index (κ1) is 12.1. The Morgan fingerprint density at radius 2 is 2.15 bits per heavy atom. The Morgan fingerprint density at radius 1 is 1.30 bits per heavy atom. The second-order valence-electron chi connectivity index (χ2n) is 4.22. The van der Waals surface area contributed by atoms with E-state index in [0.29, 0.717) is 29.0 Å². The summed E-state index contributed by atoms with van der Waals surface area (Å²) in [4.78, 5) is 20.6. The molecule has 0 saturated heterocycles. The summed E-state index contributed by atoms with van der Waals surface area (Å²) in [6, 6.07) is 5.30. The van der Waals surface area contributed by atoms with Crippen LogP contribution in [0.15, 0.2) is 36.8 Å². The molecule has 0 fully saturated rings. The van der Waals surface area contributed by atoms with Crippen molar-refractivity contribution < 1.29 is 4.79 Å². The highest BCUT2D eigenvalue weighted by Crippen LogP contribution is 2.14. The third kappa shape index (κ3) is 2.16. The molecule has 2 heterocycles. The fourth-order valence-electron chi connectivity index (χ4n) is 1.91. The predicted octanol–water partition coefficient (Wildman–Crippen LogP) is 0.865.